The van der Waals surface area contributed by atoms with Gasteiger partial charge in [0, 0.05) is 36.7 Å². The zero-order valence-corrected chi connectivity index (χ0v) is 13.8. The number of hydrogen-bond acceptors (Lipinski definition) is 2. The number of unbranched alkanes of at least 4 members (excludes halogenated alkanes) is 1. The third kappa shape index (κ3) is 2.78. The van der Waals surface area contributed by atoms with Crippen LogP contribution in [0.1, 0.15) is 42.7 Å². The number of Topliss-reactive ketones (excluding diaryl/α,β-unsaturated/α-hetero) is 1. The molecule has 0 atom stereocenters. The van der Waals surface area contributed by atoms with Gasteiger partial charge >= 0.3 is 0 Å². The summed E-state index contributed by atoms with van der Waals surface area (Å²) in [7, 11) is 1.92. The van der Waals surface area contributed by atoms with Gasteiger partial charge in [0.1, 0.15) is 0 Å². The summed E-state index contributed by atoms with van der Waals surface area (Å²) in [4.78, 5) is 27.0. The molecule has 22 heavy (non-hydrogen) atoms. The molecule has 118 valence electrons. The molecule has 0 aliphatic rings. The molecule has 2 rings (SSSR count). The van der Waals surface area contributed by atoms with E-state index in [4.69, 9.17) is 0 Å². The van der Waals surface area contributed by atoms with Crippen LogP contribution in [0, 0.1) is 6.92 Å². The van der Waals surface area contributed by atoms with Crippen molar-refractivity contribution in [3.05, 3.63) is 35.5 Å². The van der Waals surface area contributed by atoms with Crippen molar-refractivity contribution in [1.29, 1.82) is 0 Å². The van der Waals surface area contributed by atoms with Crippen LogP contribution in [0.5, 0.6) is 0 Å². The Hall–Kier alpha value is -2.10. The van der Waals surface area contributed by atoms with Gasteiger partial charge in [0.2, 0.25) is 0 Å². The number of fused-ring (bicyclic) bond motifs is 1. The molecular formula is C18H24N2O2. The lowest BCUT2D eigenvalue weighted by Gasteiger charge is -2.19. The Kier molecular flexibility index (Phi) is 5.01. The first kappa shape index (κ1) is 16.3. The highest BCUT2D eigenvalue weighted by Gasteiger charge is 2.27. The van der Waals surface area contributed by atoms with E-state index in [-0.39, 0.29) is 0 Å². The molecule has 0 N–H and O–H groups in total. The Labute approximate surface area is 131 Å². The van der Waals surface area contributed by atoms with Crippen molar-refractivity contribution in [2.24, 2.45) is 7.05 Å². The maximum Gasteiger partial charge on any atom is 0.295 e. The molecule has 0 saturated carbocycles. The van der Waals surface area contributed by atoms with Gasteiger partial charge in [0.05, 0.1) is 5.56 Å². The summed E-state index contributed by atoms with van der Waals surface area (Å²) in [6.45, 7) is 7.09. The second kappa shape index (κ2) is 6.77. The molecule has 2 aromatic rings. The molecular weight excluding hydrogens is 276 g/mol. The highest BCUT2D eigenvalue weighted by molar-refractivity contribution is 6.45. The fourth-order valence-electron chi connectivity index (χ4n) is 2.81. The normalized spacial score (nSPS) is 10.9. The minimum Gasteiger partial charge on any atom is -0.347 e. The van der Waals surface area contributed by atoms with Crippen molar-refractivity contribution in [3.8, 4) is 0 Å². The SMILES string of the molecule is CCCCN(CC)C(=O)C(=O)c1c(C)n(C)c2ccccc12. The van der Waals surface area contributed by atoms with Crippen molar-refractivity contribution >= 4 is 22.6 Å². The number of para-hydroxylation sites is 1. The summed E-state index contributed by atoms with van der Waals surface area (Å²) in [5.41, 5.74) is 2.36. The van der Waals surface area contributed by atoms with Crippen molar-refractivity contribution in [2.45, 2.75) is 33.6 Å². The van der Waals surface area contributed by atoms with Gasteiger partial charge in [0.15, 0.2) is 0 Å². The van der Waals surface area contributed by atoms with E-state index in [0.29, 0.717) is 18.7 Å². The van der Waals surface area contributed by atoms with Crippen LogP contribution in [0.2, 0.25) is 0 Å². The summed E-state index contributed by atoms with van der Waals surface area (Å²) in [5, 5.41) is 0.854. The number of carbonyl (C=O) groups excluding carboxylic acids is 2. The molecule has 1 aromatic carbocycles. The number of likely N-dealkylation sites (N-methyl/N-ethyl adjacent to an activating group) is 1. The van der Waals surface area contributed by atoms with Crippen molar-refractivity contribution in [3.63, 3.8) is 0 Å². The van der Waals surface area contributed by atoms with E-state index < -0.39 is 11.7 Å². The minimum atomic E-state index is -0.396. The average Bonchev–Trinajstić information content (AvgIpc) is 2.79. The number of nitrogens with zero attached hydrogens (tertiary/aromatic N) is 2. The number of benzene rings is 1. The molecule has 0 unspecified atom stereocenters. The van der Waals surface area contributed by atoms with Crippen molar-refractivity contribution in [1.82, 2.24) is 9.47 Å². The van der Waals surface area contributed by atoms with E-state index in [9.17, 15) is 9.59 Å². The third-order valence-electron chi connectivity index (χ3n) is 4.27. The van der Waals surface area contributed by atoms with Crippen LogP contribution in [-0.4, -0.2) is 34.2 Å². The number of carbonyl (C=O) groups is 2. The van der Waals surface area contributed by atoms with Crippen LogP contribution < -0.4 is 0 Å². The first-order valence-corrected chi connectivity index (χ1v) is 7.90. The lowest BCUT2D eigenvalue weighted by atomic mass is 10.1. The van der Waals surface area contributed by atoms with E-state index in [1.165, 1.54) is 0 Å². The van der Waals surface area contributed by atoms with E-state index in [1.807, 2.05) is 49.7 Å². The molecule has 0 aliphatic carbocycles. The van der Waals surface area contributed by atoms with Crippen LogP contribution >= 0.6 is 0 Å². The number of hydrogen-bond donors (Lipinski definition) is 0. The fraction of sp³-hybridized carbons (Fsp3) is 0.444. The van der Waals surface area contributed by atoms with Crippen LogP contribution in [0.15, 0.2) is 24.3 Å². The molecule has 4 nitrogen and oxygen atoms in total. The van der Waals surface area contributed by atoms with E-state index in [2.05, 4.69) is 6.92 Å². The largest absolute Gasteiger partial charge is 0.347 e. The van der Waals surface area contributed by atoms with Gasteiger partial charge in [-0.3, -0.25) is 9.59 Å². The third-order valence-corrected chi connectivity index (χ3v) is 4.27. The molecule has 0 radical (unpaired) electrons. The number of ketones is 1. The molecule has 1 aromatic heterocycles. The van der Waals surface area contributed by atoms with Crippen LogP contribution in [0.3, 0.4) is 0 Å². The minimum absolute atomic E-state index is 0.393. The van der Waals surface area contributed by atoms with E-state index >= 15 is 0 Å². The summed E-state index contributed by atoms with van der Waals surface area (Å²) in [6, 6.07) is 7.72. The molecule has 0 fully saturated rings. The van der Waals surface area contributed by atoms with Gasteiger partial charge in [-0.25, -0.2) is 0 Å². The number of amides is 1. The lowest BCUT2D eigenvalue weighted by molar-refractivity contribution is -0.126. The summed E-state index contributed by atoms with van der Waals surface area (Å²) >= 11 is 0. The van der Waals surface area contributed by atoms with Crippen molar-refractivity contribution in [2.75, 3.05) is 13.1 Å². The van der Waals surface area contributed by atoms with Crippen molar-refractivity contribution < 1.29 is 9.59 Å². The molecule has 0 aliphatic heterocycles. The van der Waals surface area contributed by atoms with Crippen LogP contribution in [0.25, 0.3) is 10.9 Å². The Balaban J connectivity index is 2.41. The van der Waals surface area contributed by atoms with E-state index in [0.717, 1.165) is 29.4 Å². The first-order chi connectivity index (χ1) is 10.5. The zero-order valence-electron chi connectivity index (χ0n) is 13.8. The second-order valence-electron chi connectivity index (χ2n) is 5.60. The van der Waals surface area contributed by atoms with Crippen LogP contribution in [0.4, 0.5) is 0 Å². The van der Waals surface area contributed by atoms with Gasteiger partial charge in [-0.1, -0.05) is 31.5 Å². The Morgan fingerprint density at radius 3 is 2.50 bits per heavy atom. The standard InChI is InChI=1S/C18H24N2O2/c1-5-7-12-20(6-2)18(22)17(21)16-13(3)19(4)15-11-9-8-10-14(15)16/h8-11H,5-7,12H2,1-4H3. The van der Waals surface area contributed by atoms with E-state index in [1.54, 1.807) is 4.90 Å². The Morgan fingerprint density at radius 1 is 1.18 bits per heavy atom. The molecule has 4 heteroatoms. The Bertz CT molecular complexity index is 700. The molecule has 0 spiro atoms. The van der Waals surface area contributed by atoms with Gasteiger partial charge in [-0.05, 0) is 26.3 Å². The smallest absolute Gasteiger partial charge is 0.295 e. The summed E-state index contributed by atoms with van der Waals surface area (Å²) in [5.74, 6) is -0.789. The highest BCUT2D eigenvalue weighted by Crippen LogP contribution is 2.25. The second-order valence-corrected chi connectivity index (χ2v) is 5.60. The average molecular weight is 300 g/mol. The van der Waals surface area contributed by atoms with Gasteiger partial charge in [-0.2, -0.15) is 0 Å². The monoisotopic (exact) mass is 300 g/mol. The fourth-order valence-corrected chi connectivity index (χ4v) is 2.81. The zero-order chi connectivity index (χ0) is 16.3. The van der Waals surface area contributed by atoms with Gasteiger partial charge in [0.25, 0.3) is 11.7 Å². The predicted octanol–water partition coefficient (Wildman–Crippen LogP) is 3.32. The topological polar surface area (TPSA) is 42.3 Å². The maximum absolute atomic E-state index is 12.8. The number of aryl methyl sites for hydroxylation is 1. The molecule has 1 amide bonds. The highest BCUT2D eigenvalue weighted by atomic mass is 16.2. The van der Waals surface area contributed by atoms with Gasteiger partial charge in [-0.15, -0.1) is 0 Å². The predicted molar refractivity (Wildman–Crippen MR) is 89.1 cm³/mol. The maximum atomic E-state index is 12.8. The van der Waals surface area contributed by atoms with Crippen LogP contribution in [-0.2, 0) is 11.8 Å². The van der Waals surface area contributed by atoms with Gasteiger partial charge < -0.3 is 9.47 Å². The lowest BCUT2D eigenvalue weighted by Crippen LogP contribution is -2.37. The molecule has 0 saturated heterocycles. The number of aromatic nitrogens is 1. The first-order valence-electron chi connectivity index (χ1n) is 7.90. The Morgan fingerprint density at radius 2 is 1.86 bits per heavy atom. The number of rotatable bonds is 6. The quantitative estimate of drug-likeness (QED) is 0.606. The summed E-state index contributed by atoms with van der Waals surface area (Å²) in [6.07, 6.45) is 1.92. The molecule has 1 heterocycles. The summed E-state index contributed by atoms with van der Waals surface area (Å²) < 4.78 is 1.97. The molecule has 0 bridgehead atoms.